The van der Waals surface area contributed by atoms with Gasteiger partial charge in [-0.15, -0.1) is 0 Å². The molecule has 1 aliphatic carbocycles. The van der Waals surface area contributed by atoms with E-state index in [2.05, 4.69) is 10.6 Å². The molecule has 0 atom stereocenters. The van der Waals surface area contributed by atoms with Crippen LogP contribution in [0.4, 0.5) is 23.7 Å². The topological polar surface area (TPSA) is 67.1 Å². The highest BCUT2D eigenvalue weighted by Crippen LogP contribution is 2.31. The van der Waals surface area contributed by atoms with Crippen molar-refractivity contribution in [2.24, 2.45) is 5.73 Å². The highest BCUT2D eigenvalue weighted by molar-refractivity contribution is 5.89. The molecule has 0 aromatic heterocycles. The van der Waals surface area contributed by atoms with Gasteiger partial charge in [0.1, 0.15) is 0 Å². The molecular weight excluding hydrogens is 271 g/mol. The maximum atomic E-state index is 12.4. The summed E-state index contributed by atoms with van der Waals surface area (Å²) in [7, 11) is 0. The molecule has 1 saturated carbocycles. The lowest BCUT2D eigenvalue weighted by Gasteiger charge is -2.41. The molecule has 0 unspecified atom stereocenters. The molecule has 20 heavy (non-hydrogen) atoms. The number of nitrogens with two attached hydrogens (primary N) is 1. The highest BCUT2D eigenvalue weighted by atomic mass is 19.4. The number of hydrogen-bond acceptors (Lipinski definition) is 2. The van der Waals surface area contributed by atoms with E-state index in [4.69, 9.17) is 5.73 Å². The van der Waals surface area contributed by atoms with Gasteiger partial charge in [-0.05, 0) is 43.5 Å². The van der Waals surface area contributed by atoms with Crippen molar-refractivity contribution in [2.45, 2.75) is 31.0 Å². The molecule has 0 aliphatic heterocycles. The lowest BCUT2D eigenvalue weighted by Crippen LogP contribution is -2.59. The smallest absolute Gasteiger partial charge is 0.331 e. The Kier molecular flexibility index (Phi) is 3.89. The quantitative estimate of drug-likeness (QED) is 0.800. The largest absolute Gasteiger partial charge is 0.416 e. The van der Waals surface area contributed by atoms with Crippen LogP contribution in [0.2, 0.25) is 0 Å². The van der Waals surface area contributed by atoms with Gasteiger partial charge in [0, 0.05) is 12.2 Å². The van der Waals surface area contributed by atoms with Gasteiger partial charge >= 0.3 is 12.2 Å². The maximum Gasteiger partial charge on any atom is 0.416 e. The minimum absolute atomic E-state index is 0.307. The first-order chi connectivity index (χ1) is 9.35. The summed E-state index contributed by atoms with van der Waals surface area (Å²) in [4.78, 5) is 11.8. The van der Waals surface area contributed by atoms with Crippen LogP contribution in [0.15, 0.2) is 24.3 Å². The molecule has 1 aromatic carbocycles. The lowest BCUT2D eigenvalue weighted by molar-refractivity contribution is -0.137. The minimum atomic E-state index is -4.38. The van der Waals surface area contributed by atoms with E-state index in [9.17, 15) is 18.0 Å². The summed E-state index contributed by atoms with van der Waals surface area (Å²) in [6, 6.07) is 3.85. The molecule has 0 radical (unpaired) electrons. The van der Waals surface area contributed by atoms with Crippen LogP contribution in [0.5, 0.6) is 0 Å². The SMILES string of the molecule is NCC1(NC(=O)Nc2ccc(C(F)(F)F)cc2)CCC1. The summed E-state index contributed by atoms with van der Waals surface area (Å²) in [5.74, 6) is 0. The molecule has 0 bridgehead atoms. The number of hydrogen-bond donors (Lipinski definition) is 3. The van der Waals surface area contributed by atoms with Crippen LogP contribution in [0.1, 0.15) is 24.8 Å². The average molecular weight is 287 g/mol. The van der Waals surface area contributed by atoms with Crippen LogP contribution < -0.4 is 16.4 Å². The third-order valence-corrected chi connectivity index (χ3v) is 3.55. The van der Waals surface area contributed by atoms with Crippen molar-refractivity contribution in [2.75, 3.05) is 11.9 Å². The Morgan fingerprint density at radius 2 is 1.85 bits per heavy atom. The van der Waals surface area contributed by atoms with Crippen LogP contribution in [0.25, 0.3) is 0 Å². The predicted octanol–water partition coefficient (Wildman–Crippen LogP) is 2.71. The number of carbonyl (C=O) groups excluding carboxylic acids is 1. The summed E-state index contributed by atoms with van der Waals surface area (Å²) in [5, 5.41) is 5.28. The number of benzene rings is 1. The monoisotopic (exact) mass is 287 g/mol. The summed E-state index contributed by atoms with van der Waals surface area (Å²) < 4.78 is 37.2. The van der Waals surface area contributed by atoms with Crippen molar-refractivity contribution in [3.63, 3.8) is 0 Å². The van der Waals surface area contributed by atoms with Crippen LogP contribution in [-0.2, 0) is 6.18 Å². The van der Waals surface area contributed by atoms with E-state index >= 15 is 0 Å². The molecule has 1 fully saturated rings. The van der Waals surface area contributed by atoms with Crippen molar-refractivity contribution < 1.29 is 18.0 Å². The second-order valence-electron chi connectivity index (χ2n) is 4.99. The number of rotatable bonds is 3. The first kappa shape index (κ1) is 14.6. The third-order valence-electron chi connectivity index (χ3n) is 3.55. The molecule has 4 N–H and O–H groups in total. The molecule has 0 heterocycles. The van der Waals surface area contributed by atoms with Crippen molar-refractivity contribution in [1.82, 2.24) is 5.32 Å². The van der Waals surface area contributed by atoms with Crippen molar-refractivity contribution in [3.8, 4) is 0 Å². The second kappa shape index (κ2) is 5.32. The minimum Gasteiger partial charge on any atom is -0.331 e. The number of nitrogens with one attached hydrogen (secondary N) is 2. The number of urea groups is 1. The van der Waals surface area contributed by atoms with Crippen LogP contribution in [0.3, 0.4) is 0 Å². The van der Waals surface area contributed by atoms with Gasteiger partial charge in [0.2, 0.25) is 0 Å². The van der Waals surface area contributed by atoms with Gasteiger partial charge in [0.05, 0.1) is 11.1 Å². The van der Waals surface area contributed by atoms with E-state index in [0.717, 1.165) is 31.4 Å². The third kappa shape index (κ3) is 3.22. The van der Waals surface area contributed by atoms with E-state index in [-0.39, 0.29) is 5.54 Å². The standard InChI is InChI=1S/C13H16F3N3O/c14-13(15,16)9-2-4-10(5-3-9)18-11(20)19-12(8-17)6-1-7-12/h2-5H,1,6-8,17H2,(H2,18,19,20). The molecule has 7 heteroatoms. The molecular formula is C13H16F3N3O. The number of alkyl halides is 3. The Labute approximate surface area is 114 Å². The zero-order chi connectivity index (χ0) is 14.8. The normalized spacial score (nSPS) is 17.2. The zero-order valence-corrected chi connectivity index (χ0v) is 10.8. The van der Waals surface area contributed by atoms with Gasteiger partial charge in [-0.25, -0.2) is 4.79 Å². The van der Waals surface area contributed by atoms with Crippen LogP contribution >= 0.6 is 0 Å². The Morgan fingerprint density at radius 1 is 1.25 bits per heavy atom. The Hall–Kier alpha value is -1.76. The molecule has 0 spiro atoms. The fourth-order valence-electron chi connectivity index (χ4n) is 2.13. The lowest BCUT2D eigenvalue weighted by atomic mass is 9.77. The maximum absolute atomic E-state index is 12.4. The first-order valence-corrected chi connectivity index (χ1v) is 6.31. The number of carbonyl (C=O) groups is 1. The number of anilines is 1. The van der Waals surface area contributed by atoms with Gasteiger partial charge in [0.25, 0.3) is 0 Å². The van der Waals surface area contributed by atoms with E-state index in [0.29, 0.717) is 12.2 Å². The van der Waals surface area contributed by atoms with Gasteiger partial charge < -0.3 is 16.4 Å². The highest BCUT2D eigenvalue weighted by Gasteiger charge is 2.37. The van der Waals surface area contributed by atoms with Crippen molar-refractivity contribution in [1.29, 1.82) is 0 Å². The molecule has 4 nitrogen and oxygen atoms in total. The molecule has 1 aromatic rings. The van der Waals surface area contributed by atoms with Crippen LogP contribution in [-0.4, -0.2) is 18.1 Å². The van der Waals surface area contributed by atoms with Gasteiger partial charge in [-0.3, -0.25) is 0 Å². The summed E-state index contributed by atoms with van der Waals surface area (Å²) in [6.45, 7) is 0.355. The molecule has 1 aliphatic rings. The number of halogens is 3. The second-order valence-corrected chi connectivity index (χ2v) is 4.99. The van der Waals surface area contributed by atoms with Crippen molar-refractivity contribution in [3.05, 3.63) is 29.8 Å². The molecule has 2 rings (SSSR count). The van der Waals surface area contributed by atoms with E-state index in [1.165, 1.54) is 12.1 Å². The molecule has 0 saturated heterocycles. The molecule has 2 amide bonds. The molecule has 110 valence electrons. The predicted molar refractivity (Wildman–Crippen MR) is 69.2 cm³/mol. The number of amides is 2. The first-order valence-electron chi connectivity index (χ1n) is 6.31. The van der Waals surface area contributed by atoms with Gasteiger partial charge in [-0.2, -0.15) is 13.2 Å². The Bertz CT molecular complexity index is 475. The fourth-order valence-corrected chi connectivity index (χ4v) is 2.13. The summed E-state index contributed by atoms with van der Waals surface area (Å²) in [6.07, 6.45) is -1.72. The van der Waals surface area contributed by atoms with E-state index in [1.54, 1.807) is 0 Å². The average Bonchev–Trinajstić information content (AvgIpc) is 2.33. The Morgan fingerprint density at radius 3 is 2.25 bits per heavy atom. The fraction of sp³-hybridized carbons (Fsp3) is 0.462. The van der Waals surface area contributed by atoms with Crippen LogP contribution in [0, 0.1) is 0 Å². The van der Waals surface area contributed by atoms with Crippen molar-refractivity contribution >= 4 is 11.7 Å². The summed E-state index contributed by atoms with van der Waals surface area (Å²) >= 11 is 0. The Balaban J connectivity index is 1.95. The van der Waals surface area contributed by atoms with E-state index in [1.807, 2.05) is 0 Å². The van der Waals surface area contributed by atoms with Gasteiger partial charge in [0.15, 0.2) is 0 Å². The zero-order valence-electron chi connectivity index (χ0n) is 10.8. The summed E-state index contributed by atoms with van der Waals surface area (Å²) in [5.41, 5.74) is 4.80. The van der Waals surface area contributed by atoms with Gasteiger partial charge in [-0.1, -0.05) is 0 Å². The van der Waals surface area contributed by atoms with E-state index < -0.39 is 17.8 Å².